The lowest BCUT2D eigenvalue weighted by Gasteiger charge is -2.02. The van der Waals surface area contributed by atoms with E-state index < -0.39 is 0 Å². The van der Waals surface area contributed by atoms with Crippen molar-refractivity contribution < 1.29 is 9.90 Å². The van der Waals surface area contributed by atoms with Crippen molar-refractivity contribution in [3.8, 4) is 12.3 Å². The van der Waals surface area contributed by atoms with Gasteiger partial charge in [0.05, 0.1) is 13.2 Å². The molecule has 1 aromatic rings. The fraction of sp³-hybridized carbons (Fsp3) is 0.182. The van der Waals surface area contributed by atoms with Crippen LogP contribution in [0.3, 0.4) is 0 Å². The van der Waals surface area contributed by atoms with E-state index in [2.05, 4.69) is 11.2 Å². The number of carbonyl (C=O) groups excluding carboxylic acids is 1. The maximum atomic E-state index is 11.3. The largest absolute Gasteiger partial charge is 0.392 e. The van der Waals surface area contributed by atoms with E-state index >= 15 is 0 Å². The molecule has 0 radical (unpaired) electrons. The molecule has 14 heavy (non-hydrogen) atoms. The number of hydrogen-bond acceptors (Lipinski definition) is 2. The van der Waals surface area contributed by atoms with Crippen molar-refractivity contribution in [2.75, 3.05) is 6.54 Å². The predicted molar refractivity (Wildman–Crippen MR) is 53.5 cm³/mol. The first-order valence-corrected chi connectivity index (χ1v) is 4.19. The molecule has 0 saturated carbocycles. The van der Waals surface area contributed by atoms with E-state index in [1.807, 2.05) is 0 Å². The molecule has 0 unspecified atom stereocenters. The SMILES string of the molecule is C#CCNC(=O)c1ccc(CO)cc1. The Labute approximate surface area is 82.8 Å². The Morgan fingerprint density at radius 1 is 1.43 bits per heavy atom. The van der Waals surface area contributed by atoms with Gasteiger partial charge in [0.1, 0.15) is 0 Å². The summed E-state index contributed by atoms with van der Waals surface area (Å²) in [5, 5.41) is 11.3. The summed E-state index contributed by atoms with van der Waals surface area (Å²) in [6.07, 6.45) is 5.00. The van der Waals surface area contributed by atoms with E-state index in [0.717, 1.165) is 5.56 Å². The van der Waals surface area contributed by atoms with Gasteiger partial charge >= 0.3 is 0 Å². The minimum Gasteiger partial charge on any atom is -0.392 e. The Morgan fingerprint density at radius 3 is 2.57 bits per heavy atom. The zero-order chi connectivity index (χ0) is 10.4. The van der Waals surface area contributed by atoms with Gasteiger partial charge in [0.2, 0.25) is 0 Å². The number of amides is 1. The number of hydrogen-bond donors (Lipinski definition) is 2. The zero-order valence-electron chi connectivity index (χ0n) is 7.66. The molecule has 2 N–H and O–H groups in total. The number of terminal acetylenes is 1. The van der Waals surface area contributed by atoms with E-state index in [1.165, 1.54) is 0 Å². The predicted octanol–water partition coefficient (Wildman–Crippen LogP) is 0.542. The second kappa shape index (κ2) is 5.05. The van der Waals surface area contributed by atoms with Gasteiger partial charge in [-0.05, 0) is 17.7 Å². The number of nitrogens with one attached hydrogen (secondary N) is 1. The van der Waals surface area contributed by atoms with Crippen LogP contribution in [0.5, 0.6) is 0 Å². The Bertz CT molecular complexity index is 349. The topological polar surface area (TPSA) is 49.3 Å². The van der Waals surface area contributed by atoms with Crippen LogP contribution in [-0.2, 0) is 6.61 Å². The molecule has 0 atom stereocenters. The number of aliphatic hydroxyl groups excluding tert-OH is 1. The standard InChI is InChI=1S/C11H11NO2/c1-2-7-12-11(14)10-5-3-9(8-13)4-6-10/h1,3-6,13H,7-8H2,(H,12,14). The van der Waals surface area contributed by atoms with Crippen molar-refractivity contribution in [1.82, 2.24) is 5.32 Å². The quantitative estimate of drug-likeness (QED) is 0.682. The lowest BCUT2D eigenvalue weighted by molar-refractivity contribution is 0.0958. The number of carbonyl (C=O) groups is 1. The molecule has 1 aromatic carbocycles. The Morgan fingerprint density at radius 2 is 2.07 bits per heavy atom. The molecule has 72 valence electrons. The number of benzene rings is 1. The lowest BCUT2D eigenvalue weighted by atomic mass is 10.1. The van der Waals surface area contributed by atoms with Crippen molar-refractivity contribution >= 4 is 5.91 Å². The van der Waals surface area contributed by atoms with Crippen molar-refractivity contribution in [2.24, 2.45) is 0 Å². The van der Waals surface area contributed by atoms with Gasteiger partial charge in [0, 0.05) is 5.56 Å². The number of aliphatic hydroxyl groups is 1. The van der Waals surface area contributed by atoms with Crippen LogP contribution >= 0.6 is 0 Å². The minimum absolute atomic E-state index is 0.0216. The Balaban J connectivity index is 2.67. The molecule has 0 bridgehead atoms. The highest BCUT2D eigenvalue weighted by Gasteiger charge is 2.02. The highest BCUT2D eigenvalue weighted by atomic mass is 16.3. The van der Waals surface area contributed by atoms with Gasteiger partial charge in [-0.25, -0.2) is 0 Å². The van der Waals surface area contributed by atoms with Crippen LogP contribution in [0, 0.1) is 12.3 Å². The van der Waals surface area contributed by atoms with E-state index in [4.69, 9.17) is 11.5 Å². The average Bonchev–Trinajstić information content (AvgIpc) is 2.26. The third-order valence-electron chi connectivity index (χ3n) is 1.75. The molecule has 0 aliphatic heterocycles. The molecular weight excluding hydrogens is 178 g/mol. The molecule has 0 saturated heterocycles. The summed E-state index contributed by atoms with van der Waals surface area (Å²) in [6, 6.07) is 6.70. The maximum Gasteiger partial charge on any atom is 0.252 e. The summed E-state index contributed by atoms with van der Waals surface area (Å²) >= 11 is 0. The highest BCUT2D eigenvalue weighted by Crippen LogP contribution is 2.03. The minimum atomic E-state index is -0.201. The molecule has 0 heterocycles. The van der Waals surface area contributed by atoms with Crippen LogP contribution in [0.25, 0.3) is 0 Å². The fourth-order valence-electron chi connectivity index (χ4n) is 0.995. The zero-order valence-corrected chi connectivity index (χ0v) is 7.66. The van der Waals surface area contributed by atoms with Gasteiger partial charge in [0.15, 0.2) is 0 Å². The highest BCUT2D eigenvalue weighted by molar-refractivity contribution is 5.94. The molecular formula is C11H11NO2. The van der Waals surface area contributed by atoms with Gasteiger partial charge in [0.25, 0.3) is 5.91 Å². The molecule has 0 aliphatic rings. The Kier molecular flexibility index (Phi) is 3.71. The molecule has 1 rings (SSSR count). The van der Waals surface area contributed by atoms with Crippen LogP contribution in [0.2, 0.25) is 0 Å². The van der Waals surface area contributed by atoms with Gasteiger partial charge in [-0.2, -0.15) is 0 Å². The molecule has 1 amide bonds. The monoisotopic (exact) mass is 189 g/mol. The molecule has 0 aliphatic carbocycles. The fourth-order valence-corrected chi connectivity index (χ4v) is 0.995. The van der Waals surface area contributed by atoms with Gasteiger partial charge < -0.3 is 10.4 Å². The average molecular weight is 189 g/mol. The van der Waals surface area contributed by atoms with Crippen molar-refractivity contribution in [3.63, 3.8) is 0 Å². The molecule has 0 fully saturated rings. The van der Waals surface area contributed by atoms with Crippen molar-refractivity contribution in [1.29, 1.82) is 0 Å². The first-order chi connectivity index (χ1) is 6.77. The van der Waals surface area contributed by atoms with Crippen molar-refractivity contribution in [3.05, 3.63) is 35.4 Å². The summed E-state index contributed by atoms with van der Waals surface area (Å²) in [6.45, 7) is 0.201. The van der Waals surface area contributed by atoms with Gasteiger partial charge in [-0.3, -0.25) is 4.79 Å². The summed E-state index contributed by atoms with van der Waals surface area (Å²) in [5.74, 6) is 2.12. The van der Waals surface area contributed by atoms with Crippen molar-refractivity contribution in [2.45, 2.75) is 6.61 Å². The molecule has 0 aromatic heterocycles. The van der Waals surface area contributed by atoms with E-state index in [9.17, 15) is 4.79 Å². The van der Waals surface area contributed by atoms with Crippen LogP contribution in [0.4, 0.5) is 0 Å². The molecule has 0 spiro atoms. The first kappa shape index (κ1) is 10.3. The van der Waals surface area contributed by atoms with E-state index in [0.29, 0.717) is 5.56 Å². The third-order valence-corrected chi connectivity index (χ3v) is 1.75. The van der Waals surface area contributed by atoms with E-state index in [1.54, 1.807) is 24.3 Å². The lowest BCUT2D eigenvalue weighted by Crippen LogP contribution is -2.23. The Hall–Kier alpha value is -1.79. The molecule has 3 heteroatoms. The summed E-state index contributed by atoms with van der Waals surface area (Å²) in [4.78, 5) is 11.3. The van der Waals surface area contributed by atoms with Crippen LogP contribution in [-0.4, -0.2) is 17.6 Å². The smallest absolute Gasteiger partial charge is 0.252 e. The van der Waals surface area contributed by atoms with Gasteiger partial charge in [-0.15, -0.1) is 6.42 Å². The first-order valence-electron chi connectivity index (χ1n) is 4.19. The van der Waals surface area contributed by atoms with Crippen LogP contribution in [0.1, 0.15) is 15.9 Å². The van der Waals surface area contributed by atoms with E-state index in [-0.39, 0.29) is 19.1 Å². The second-order valence-electron chi connectivity index (χ2n) is 2.74. The summed E-state index contributed by atoms with van der Waals surface area (Å²) < 4.78 is 0. The third kappa shape index (κ3) is 2.61. The number of rotatable bonds is 3. The van der Waals surface area contributed by atoms with Crippen LogP contribution < -0.4 is 5.32 Å². The summed E-state index contributed by atoms with van der Waals surface area (Å²) in [5.41, 5.74) is 1.32. The van der Waals surface area contributed by atoms with Crippen LogP contribution in [0.15, 0.2) is 24.3 Å². The molecule has 3 nitrogen and oxygen atoms in total. The summed E-state index contributed by atoms with van der Waals surface area (Å²) in [7, 11) is 0. The second-order valence-corrected chi connectivity index (χ2v) is 2.74. The van der Waals surface area contributed by atoms with Gasteiger partial charge in [-0.1, -0.05) is 18.1 Å². The normalized spacial score (nSPS) is 9.14. The maximum absolute atomic E-state index is 11.3.